The number of hydrogen-bond donors (Lipinski definition) is 5. The molecule has 5 rings (SSSR count). The van der Waals surface area contributed by atoms with Gasteiger partial charge in [0.15, 0.2) is 20.5 Å². The van der Waals surface area contributed by atoms with Crippen LogP contribution < -0.4 is 21.2 Å². The number of aromatic nitrogens is 6. The third kappa shape index (κ3) is 27.1. The van der Waals surface area contributed by atoms with Crippen molar-refractivity contribution in [3.63, 3.8) is 0 Å². The fraction of sp³-hybridized carbons (Fsp3) is 0.514. The molecule has 0 fully saturated rings. The van der Waals surface area contributed by atoms with Crippen molar-refractivity contribution in [1.82, 2.24) is 44.7 Å². The quantitative estimate of drug-likeness (QED) is 0.0430. The second-order valence-electron chi connectivity index (χ2n) is 13.9. The van der Waals surface area contributed by atoms with E-state index in [1.165, 1.54) is 56.2 Å². The molecule has 0 radical (unpaired) electrons. The maximum absolute atomic E-state index is 11.7. The topological polar surface area (TPSA) is 232 Å². The number of carbonyl (C=O) groups excluding carboxylic acids is 2. The molecule has 20 nitrogen and oxygen atoms in total. The predicted octanol–water partition coefficient (Wildman–Crippen LogP) is 7.84. The number of alkyl halides is 1. The Hall–Kier alpha value is -3.63. The van der Waals surface area contributed by atoms with Gasteiger partial charge < -0.3 is 30.1 Å². The number of thiazole rings is 4. The molecule has 0 spiro atoms. The monoisotopic (exact) mass is 969 g/mol. The Labute approximate surface area is 382 Å². The third-order valence-electron chi connectivity index (χ3n) is 6.09. The van der Waals surface area contributed by atoms with Gasteiger partial charge in [0.1, 0.15) is 11.9 Å². The van der Waals surface area contributed by atoms with Crippen LogP contribution in [-0.2, 0) is 44.8 Å². The molecule has 342 valence electrons. The van der Waals surface area contributed by atoms with Crippen LogP contribution >= 0.6 is 68.7 Å². The van der Waals surface area contributed by atoms with E-state index < -0.39 is 17.3 Å². The van der Waals surface area contributed by atoms with Crippen molar-refractivity contribution in [2.45, 2.75) is 78.3 Å². The molecular formula is C35H57Cl2N13O7S4. The number of amides is 2. The first-order valence-electron chi connectivity index (χ1n) is 17.8. The molecule has 5 aromatic heterocycles. The molecule has 6 N–H and O–H groups in total. The molecule has 61 heavy (non-hydrogen) atoms. The van der Waals surface area contributed by atoms with Crippen molar-refractivity contribution in [2.24, 2.45) is 0 Å². The van der Waals surface area contributed by atoms with E-state index in [1.54, 1.807) is 76.7 Å². The van der Waals surface area contributed by atoms with Crippen molar-refractivity contribution >= 4 is 101 Å². The largest absolute Gasteiger partial charge is 0.444 e. The highest BCUT2D eigenvalue weighted by atomic mass is 35.5. The molecule has 0 aromatic carbocycles. The summed E-state index contributed by atoms with van der Waals surface area (Å²) in [6.07, 6.45) is 4.05. The van der Waals surface area contributed by atoms with Gasteiger partial charge in [0.2, 0.25) is 0 Å². The van der Waals surface area contributed by atoms with E-state index in [2.05, 4.69) is 40.4 Å². The van der Waals surface area contributed by atoms with E-state index in [0.29, 0.717) is 46.0 Å². The number of ether oxygens (including phenoxy) is 1. The van der Waals surface area contributed by atoms with Gasteiger partial charge in [-0.05, 0) is 41.5 Å². The first-order chi connectivity index (χ1) is 28.6. The lowest BCUT2D eigenvalue weighted by molar-refractivity contribution is -0.117. The molecule has 0 aliphatic heterocycles. The predicted molar refractivity (Wildman–Crippen MR) is 246 cm³/mol. The maximum Gasteiger partial charge on any atom is 0.413 e. The van der Waals surface area contributed by atoms with Crippen LogP contribution in [0, 0.1) is 0 Å². The minimum Gasteiger partial charge on any atom is -0.444 e. The zero-order chi connectivity index (χ0) is 46.2. The van der Waals surface area contributed by atoms with Crippen LogP contribution in [-0.4, -0.2) is 116 Å². The van der Waals surface area contributed by atoms with Crippen LogP contribution in [0.2, 0.25) is 0 Å². The van der Waals surface area contributed by atoms with Gasteiger partial charge in [-0.25, -0.2) is 34.5 Å². The number of nitrogens with one attached hydrogen (secondary N) is 3. The lowest BCUT2D eigenvalue weighted by atomic mass is 10.2. The molecular weight excluding hydrogens is 914 g/mol. The fourth-order valence-electron chi connectivity index (χ4n) is 3.49. The van der Waals surface area contributed by atoms with Gasteiger partial charge in [0.25, 0.3) is 0 Å². The first kappa shape index (κ1) is 55.4. The highest BCUT2D eigenvalue weighted by Crippen LogP contribution is 2.19. The Balaban J connectivity index is 0.000000404. The van der Waals surface area contributed by atoms with Gasteiger partial charge in [-0.3, -0.25) is 20.0 Å². The zero-order valence-corrected chi connectivity index (χ0v) is 41.0. The Morgan fingerprint density at radius 1 is 0.754 bits per heavy atom. The number of rotatable bonds is 13. The van der Waals surface area contributed by atoms with Crippen LogP contribution in [0.25, 0.3) is 0 Å². The van der Waals surface area contributed by atoms with Crippen LogP contribution in [0.1, 0.15) is 64.3 Å². The highest BCUT2D eigenvalue weighted by Gasteiger charge is 2.17. The summed E-state index contributed by atoms with van der Waals surface area (Å²) in [5.41, 5.74) is 7.89. The third-order valence-corrected chi connectivity index (χ3v) is 9.80. The number of hydroxylamine groups is 6. The van der Waals surface area contributed by atoms with Crippen molar-refractivity contribution in [2.75, 3.05) is 63.7 Å². The summed E-state index contributed by atoms with van der Waals surface area (Å²) in [6, 6.07) is -0.284. The number of nitrogens with zero attached hydrogens (tertiary/aromatic N) is 9. The zero-order valence-electron chi connectivity index (χ0n) is 36.3. The average Bonchev–Trinajstić information content (AvgIpc) is 4.04. The van der Waals surface area contributed by atoms with Crippen LogP contribution in [0.5, 0.6) is 0 Å². The Kier molecular flexibility index (Phi) is 26.2. The van der Waals surface area contributed by atoms with Crippen molar-refractivity contribution in [3.8, 4) is 0 Å². The number of carbonyl (C=O) groups is 2. The van der Waals surface area contributed by atoms with Gasteiger partial charge in [-0.2, -0.15) is 15.2 Å². The number of nitrogen functional groups attached to an aromatic ring is 1. The summed E-state index contributed by atoms with van der Waals surface area (Å²) in [5.74, 6) is 0.440. The molecule has 0 saturated carbocycles. The number of aliphatic hydroxyl groups is 1. The molecule has 5 heterocycles. The summed E-state index contributed by atoms with van der Waals surface area (Å²) < 4.78 is 6.48. The number of imidazole rings is 1. The summed E-state index contributed by atoms with van der Waals surface area (Å²) >= 11 is 16.3. The van der Waals surface area contributed by atoms with Crippen molar-refractivity contribution < 1.29 is 33.9 Å². The molecule has 0 atom stereocenters. The highest BCUT2D eigenvalue weighted by molar-refractivity contribution is 7.14. The summed E-state index contributed by atoms with van der Waals surface area (Å²) in [5, 5.41) is 28.7. The molecule has 5 aromatic rings. The number of nitrogens with two attached hydrogens (primary N) is 1. The van der Waals surface area contributed by atoms with E-state index in [-0.39, 0.29) is 6.03 Å². The van der Waals surface area contributed by atoms with E-state index >= 15 is 0 Å². The van der Waals surface area contributed by atoms with Gasteiger partial charge in [0.05, 0.1) is 75.2 Å². The van der Waals surface area contributed by atoms with Gasteiger partial charge in [-0.15, -0.1) is 56.9 Å². The molecule has 0 bridgehead atoms. The SMILES string of the molecule is CC(C)(C)O.CON(C)Cc1csc(N)n1.CON(C)Cc1csc(NC(=O)OC(C)(C)C)n1.CON(C)Cc1csc(NC(=O)n2ccnc2)n1.ClCc1csc(NCl)n1. The van der Waals surface area contributed by atoms with Crippen LogP contribution in [0.15, 0.2) is 40.2 Å². The lowest BCUT2D eigenvalue weighted by Crippen LogP contribution is -2.27. The molecule has 0 aliphatic rings. The lowest BCUT2D eigenvalue weighted by Gasteiger charge is -2.18. The average molecular weight is 971 g/mol. The number of hydrogen-bond acceptors (Lipinski definition) is 21. The Morgan fingerprint density at radius 2 is 1.18 bits per heavy atom. The van der Waals surface area contributed by atoms with Gasteiger partial charge in [0, 0.05) is 66.8 Å². The molecule has 0 saturated heterocycles. The van der Waals surface area contributed by atoms with Gasteiger partial charge >= 0.3 is 12.1 Å². The van der Waals surface area contributed by atoms with E-state index in [4.69, 9.17) is 53.5 Å². The summed E-state index contributed by atoms with van der Waals surface area (Å²) in [6.45, 7) is 12.5. The Morgan fingerprint density at radius 3 is 1.54 bits per heavy atom. The minimum absolute atomic E-state index is 0.284. The van der Waals surface area contributed by atoms with E-state index in [0.717, 1.165) is 22.8 Å². The summed E-state index contributed by atoms with van der Waals surface area (Å²) in [7, 11) is 10.3. The Bertz CT molecular complexity index is 1910. The standard InChI is InChI=1S/C11H19N3O3S.C10H13N5O2S.C6H11N3OS.C4H4Cl2N2S.C4H10O/c1-11(2,3)17-10(15)13-9-12-8(7-18-9)6-14(4)16-5;1-14(17-2)5-8-6-18-9(12-8)13-10(16)15-4-3-11-7-15;1-9(10-2)3-5-4-11-6(7)8-5;5-1-3-2-9-4(7-3)8-6;1-4(2,3)5/h7H,6H2,1-5H3,(H,12,13,15);3-4,6-7H,5H2,1-2H3,(H,12,13,16);4H,3H2,1-2H3,(H2,7,8);2H,1H2,(H,7,8);5H,1-3H3. The van der Waals surface area contributed by atoms with Crippen molar-refractivity contribution in [3.05, 3.63) is 63.0 Å². The fourth-order valence-corrected chi connectivity index (χ4v) is 6.42. The second kappa shape index (κ2) is 28.9. The van der Waals surface area contributed by atoms with Crippen molar-refractivity contribution in [1.29, 1.82) is 0 Å². The second-order valence-corrected chi connectivity index (χ2v) is 17.9. The van der Waals surface area contributed by atoms with Gasteiger partial charge in [-0.1, -0.05) is 0 Å². The maximum atomic E-state index is 11.7. The smallest absolute Gasteiger partial charge is 0.413 e. The number of halogens is 2. The van der Waals surface area contributed by atoms with E-state index in [1.807, 2.05) is 56.4 Å². The molecule has 26 heteroatoms. The molecule has 0 aliphatic carbocycles. The van der Waals surface area contributed by atoms with E-state index in [9.17, 15) is 9.59 Å². The van der Waals surface area contributed by atoms with Crippen LogP contribution in [0.3, 0.4) is 0 Å². The normalized spacial score (nSPS) is 11.0. The van der Waals surface area contributed by atoms with Crippen LogP contribution in [0.4, 0.5) is 30.1 Å². The minimum atomic E-state index is -0.513. The summed E-state index contributed by atoms with van der Waals surface area (Å²) in [4.78, 5) is 60.9. The first-order valence-corrected chi connectivity index (χ1v) is 22.2. The molecule has 2 amide bonds. The number of anilines is 4. The molecule has 0 unspecified atom stereocenters.